The summed E-state index contributed by atoms with van der Waals surface area (Å²) in [4.78, 5) is 65.0. The Morgan fingerprint density at radius 1 is 0.628 bits per heavy atom. The van der Waals surface area contributed by atoms with E-state index >= 15 is 0 Å². The predicted octanol–water partition coefficient (Wildman–Crippen LogP) is 7.70. The topological polar surface area (TPSA) is 122 Å². The van der Waals surface area contributed by atoms with Crippen LogP contribution in [0.5, 0.6) is 17.2 Å². The summed E-state index contributed by atoms with van der Waals surface area (Å²) in [7, 11) is 0. The van der Waals surface area contributed by atoms with Gasteiger partial charge in [0.1, 0.15) is 6.61 Å². The van der Waals surface area contributed by atoms with Gasteiger partial charge in [-0.15, -0.1) is 0 Å². The average molecular weight is 597 g/mol. The number of esters is 4. The lowest BCUT2D eigenvalue weighted by Crippen LogP contribution is -2.20. The maximum absolute atomic E-state index is 13.4. The smallest absolute Gasteiger partial charge is 0.339 e. The summed E-state index contributed by atoms with van der Waals surface area (Å²) >= 11 is 0. The Hall–Kier alpha value is -4.01. The van der Waals surface area contributed by atoms with Gasteiger partial charge in [-0.2, -0.15) is 0 Å². The van der Waals surface area contributed by atoms with Crippen molar-refractivity contribution in [3.05, 3.63) is 53.1 Å². The molecule has 0 bridgehead atoms. The molecule has 0 unspecified atom stereocenters. The van der Waals surface area contributed by atoms with Gasteiger partial charge in [0.25, 0.3) is 0 Å². The van der Waals surface area contributed by atoms with E-state index in [0.29, 0.717) is 24.8 Å². The number of unbranched alkanes of at least 4 members (excludes halogenated alkanes) is 6. The van der Waals surface area contributed by atoms with Gasteiger partial charge in [-0.05, 0) is 31.7 Å². The van der Waals surface area contributed by atoms with E-state index in [2.05, 4.69) is 0 Å². The molecule has 9 heteroatoms. The molecule has 0 atom stereocenters. The molecule has 234 valence electrons. The van der Waals surface area contributed by atoms with Gasteiger partial charge in [0.15, 0.2) is 17.3 Å². The minimum atomic E-state index is -0.901. The van der Waals surface area contributed by atoms with Gasteiger partial charge < -0.3 is 18.9 Å². The van der Waals surface area contributed by atoms with Gasteiger partial charge in [-0.3, -0.25) is 19.2 Å². The molecule has 43 heavy (non-hydrogen) atoms. The summed E-state index contributed by atoms with van der Waals surface area (Å²) in [6, 6.07) is 10.1. The largest absolute Gasteiger partial charge is 0.457 e. The minimum absolute atomic E-state index is 0.0316. The third-order valence-electron chi connectivity index (χ3n) is 6.60. The monoisotopic (exact) mass is 596 g/mol. The molecule has 0 saturated heterocycles. The lowest BCUT2D eigenvalue weighted by molar-refractivity contribution is -0.138. The van der Waals surface area contributed by atoms with Crippen LogP contribution in [0.4, 0.5) is 0 Å². The lowest BCUT2D eigenvalue weighted by atomic mass is 10.0. The van der Waals surface area contributed by atoms with E-state index < -0.39 is 35.4 Å². The third-order valence-corrected chi connectivity index (χ3v) is 6.60. The Morgan fingerprint density at radius 2 is 1.12 bits per heavy atom. The fourth-order valence-electron chi connectivity index (χ4n) is 4.26. The number of benzene rings is 2. The van der Waals surface area contributed by atoms with Crippen LogP contribution in [0.1, 0.15) is 131 Å². The van der Waals surface area contributed by atoms with Crippen LogP contribution in [-0.4, -0.2) is 29.7 Å². The molecule has 0 aliphatic rings. The number of hydrogen-bond donors (Lipinski definition) is 0. The van der Waals surface area contributed by atoms with Crippen LogP contribution in [0.2, 0.25) is 0 Å². The summed E-state index contributed by atoms with van der Waals surface area (Å²) in [5, 5.41) is 0. The normalized spacial score (nSPS) is 10.6. The van der Waals surface area contributed by atoms with Crippen molar-refractivity contribution in [2.45, 2.75) is 111 Å². The standard InChI is InChI=1S/C34H44O9/c1-5-8-12-19-28(36)41-27-22-26(34(39)40-23-25-17-15-11-16-18-25)31(24(4)35)33(43-30(38)21-14-10-7-3)32(27)42-29(37)20-13-9-6-2/h11,15-18,22H,5-10,12-14,19-21,23H2,1-4H3. The van der Waals surface area contributed by atoms with Gasteiger partial charge in [0, 0.05) is 25.3 Å². The van der Waals surface area contributed by atoms with Crippen LogP contribution in [0.3, 0.4) is 0 Å². The number of ether oxygens (including phenoxy) is 4. The second kappa shape index (κ2) is 19.2. The van der Waals surface area contributed by atoms with E-state index in [4.69, 9.17) is 18.9 Å². The molecule has 2 rings (SSSR count). The second-order valence-corrected chi connectivity index (χ2v) is 10.4. The summed E-state index contributed by atoms with van der Waals surface area (Å²) in [6.45, 7) is 7.08. The zero-order valence-electron chi connectivity index (χ0n) is 25.8. The third kappa shape index (κ3) is 12.0. The van der Waals surface area contributed by atoms with Crippen molar-refractivity contribution < 1.29 is 42.9 Å². The molecule has 0 radical (unpaired) electrons. The summed E-state index contributed by atoms with van der Waals surface area (Å²) in [5.74, 6) is -4.64. The van der Waals surface area contributed by atoms with Crippen molar-refractivity contribution in [2.24, 2.45) is 0 Å². The molecule has 0 saturated carbocycles. The number of hydrogen-bond acceptors (Lipinski definition) is 9. The molecule has 0 aliphatic heterocycles. The summed E-state index contributed by atoms with van der Waals surface area (Å²) in [5.41, 5.74) is 0.133. The first kappa shape index (κ1) is 35.2. The van der Waals surface area contributed by atoms with Crippen molar-refractivity contribution in [2.75, 3.05) is 0 Å². The van der Waals surface area contributed by atoms with E-state index in [1.165, 1.54) is 6.92 Å². The number of ketones is 1. The van der Waals surface area contributed by atoms with Gasteiger partial charge >= 0.3 is 23.9 Å². The van der Waals surface area contributed by atoms with Crippen LogP contribution >= 0.6 is 0 Å². The lowest BCUT2D eigenvalue weighted by Gasteiger charge is -2.19. The van der Waals surface area contributed by atoms with Gasteiger partial charge in [0.2, 0.25) is 5.75 Å². The van der Waals surface area contributed by atoms with Crippen molar-refractivity contribution in [3.8, 4) is 17.2 Å². The second-order valence-electron chi connectivity index (χ2n) is 10.4. The van der Waals surface area contributed by atoms with E-state index in [9.17, 15) is 24.0 Å². The maximum Gasteiger partial charge on any atom is 0.339 e. The number of carbonyl (C=O) groups is 5. The molecule has 0 fully saturated rings. The SMILES string of the molecule is CCCCCC(=O)Oc1cc(C(=O)OCc2ccccc2)c(C(C)=O)c(OC(=O)CCCCC)c1OC(=O)CCCCC. The zero-order valence-corrected chi connectivity index (χ0v) is 25.8. The molecule has 2 aromatic rings. The van der Waals surface area contributed by atoms with Crippen LogP contribution in [0.25, 0.3) is 0 Å². The molecule has 0 N–H and O–H groups in total. The number of carbonyl (C=O) groups excluding carboxylic acids is 5. The summed E-state index contributed by atoms with van der Waals surface area (Å²) < 4.78 is 22.4. The highest BCUT2D eigenvalue weighted by Crippen LogP contribution is 2.44. The van der Waals surface area contributed by atoms with E-state index in [1.807, 2.05) is 26.8 Å². The molecule has 0 heterocycles. The first-order valence-corrected chi connectivity index (χ1v) is 15.3. The van der Waals surface area contributed by atoms with Gasteiger partial charge in [-0.25, -0.2) is 4.79 Å². The van der Waals surface area contributed by atoms with Crippen LogP contribution in [-0.2, 0) is 25.7 Å². The quantitative estimate of drug-likeness (QED) is 0.0694. The highest BCUT2D eigenvalue weighted by Gasteiger charge is 2.32. The number of rotatable bonds is 19. The van der Waals surface area contributed by atoms with Crippen molar-refractivity contribution >= 4 is 29.7 Å². The molecular weight excluding hydrogens is 552 g/mol. The van der Waals surface area contributed by atoms with Crippen LogP contribution < -0.4 is 14.2 Å². The molecular formula is C34H44O9. The van der Waals surface area contributed by atoms with Gasteiger partial charge in [0.05, 0.1) is 11.1 Å². The molecule has 2 aromatic carbocycles. The molecule has 0 aromatic heterocycles. The molecule has 0 amide bonds. The summed E-state index contributed by atoms with van der Waals surface area (Å²) in [6.07, 6.45) is 6.82. The van der Waals surface area contributed by atoms with Crippen molar-refractivity contribution in [1.29, 1.82) is 0 Å². The highest BCUT2D eigenvalue weighted by molar-refractivity contribution is 6.09. The fourth-order valence-corrected chi connectivity index (χ4v) is 4.26. The maximum atomic E-state index is 13.4. The predicted molar refractivity (Wildman–Crippen MR) is 161 cm³/mol. The van der Waals surface area contributed by atoms with Crippen molar-refractivity contribution in [3.63, 3.8) is 0 Å². The zero-order chi connectivity index (χ0) is 31.6. The fraction of sp³-hybridized carbons (Fsp3) is 0.500. The Morgan fingerprint density at radius 3 is 1.60 bits per heavy atom. The van der Waals surface area contributed by atoms with E-state index in [0.717, 1.165) is 44.6 Å². The van der Waals surface area contributed by atoms with E-state index in [1.54, 1.807) is 24.3 Å². The Bertz CT molecular complexity index is 1230. The average Bonchev–Trinajstić information content (AvgIpc) is 2.98. The minimum Gasteiger partial charge on any atom is -0.457 e. The first-order chi connectivity index (χ1) is 20.7. The Kier molecular flexibility index (Phi) is 15.7. The molecule has 0 aliphatic carbocycles. The number of Topliss-reactive ketones (excluding diaryl/α,β-unsaturated/α-hetero) is 1. The molecule has 0 spiro atoms. The molecule has 9 nitrogen and oxygen atoms in total. The van der Waals surface area contributed by atoms with E-state index in [-0.39, 0.29) is 48.5 Å². The van der Waals surface area contributed by atoms with Crippen molar-refractivity contribution in [1.82, 2.24) is 0 Å². The Labute approximate surface area is 254 Å². The highest BCUT2D eigenvalue weighted by atomic mass is 16.6. The van der Waals surface area contributed by atoms with Crippen LogP contribution in [0, 0.1) is 0 Å². The first-order valence-electron chi connectivity index (χ1n) is 15.3. The Balaban J connectivity index is 2.64. The van der Waals surface area contributed by atoms with Crippen LogP contribution in [0.15, 0.2) is 36.4 Å². The van der Waals surface area contributed by atoms with Gasteiger partial charge in [-0.1, -0.05) is 89.6 Å².